The van der Waals surface area contributed by atoms with E-state index in [2.05, 4.69) is 6.92 Å². The third-order valence-corrected chi connectivity index (χ3v) is 4.10. The van der Waals surface area contributed by atoms with Crippen molar-refractivity contribution in [3.05, 3.63) is 30.3 Å². The van der Waals surface area contributed by atoms with Gasteiger partial charge < -0.3 is 10.6 Å². The molecule has 0 spiro atoms. The summed E-state index contributed by atoms with van der Waals surface area (Å²) in [6.45, 7) is 3.54. The van der Waals surface area contributed by atoms with Gasteiger partial charge in [-0.25, -0.2) is 0 Å². The van der Waals surface area contributed by atoms with Gasteiger partial charge in [-0.2, -0.15) is 0 Å². The molecule has 1 aromatic carbocycles. The number of carbonyl (C=O) groups excluding carboxylic acids is 1. The summed E-state index contributed by atoms with van der Waals surface area (Å²) in [7, 11) is 0. The van der Waals surface area contributed by atoms with Crippen LogP contribution in [0, 0.1) is 11.8 Å². The quantitative estimate of drug-likeness (QED) is 0.885. The molecule has 1 aliphatic rings. The first-order chi connectivity index (χ1) is 9.24. The van der Waals surface area contributed by atoms with Gasteiger partial charge in [0, 0.05) is 18.2 Å². The van der Waals surface area contributed by atoms with Crippen LogP contribution in [0.4, 0.5) is 5.69 Å². The SMILES string of the molecule is CC1CCCC1C(=O)N(CCCN)c1ccccc1. The molecule has 1 fully saturated rings. The zero-order chi connectivity index (χ0) is 13.7. The highest BCUT2D eigenvalue weighted by Gasteiger charge is 2.33. The van der Waals surface area contributed by atoms with Crippen LogP contribution in [0.5, 0.6) is 0 Å². The highest BCUT2D eigenvalue weighted by Crippen LogP contribution is 2.33. The number of anilines is 1. The first-order valence-electron chi connectivity index (χ1n) is 7.30. The van der Waals surface area contributed by atoms with Crippen LogP contribution in [0.15, 0.2) is 30.3 Å². The van der Waals surface area contributed by atoms with Crippen molar-refractivity contribution in [2.75, 3.05) is 18.0 Å². The average Bonchev–Trinajstić information content (AvgIpc) is 2.86. The van der Waals surface area contributed by atoms with Crippen molar-refractivity contribution in [1.82, 2.24) is 0 Å². The lowest BCUT2D eigenvalue weighted by molar-refractivity contribution is -0.123. The van der Waals surface area contributed by atoms with Crippen LogP contribution in [0.1, 0.15) is 32.6 Å². The van der Waals surface area contributed by atoms with E-state index < -0.39 is 0 Å². The van der Waals surface area contributed by atoms with Crippen molar-refractivity contribution >= 4 is 11.6 Å². The van der Waals surface area contributed by atoms with Crippen molar-refractivity contribution in [3.63, 3.8) is 0 Å². The lowest BCUT2D eigenvalue weighted by Gasteiger charge is -2.27. The predicted octanol–water partition coefficient (Wildman–Crippen LogP) is 2.80. The summed E-state index contributed by atoms with van der Waals surface area (Å²) < 4.78 is 0. The minimum absolute atomic E-state index is 0.193. The largest absolute Gasteiger partial charge is 0.330 e. The normalized spacial score (nSPS) is 22.4. The second-order valence-electron chi connectivity index (χ2n) is 5.48. The molecule has 3 nitrogen and oxygen atoms in total. The molecule has 1 saturated carbocycles. The smallest absolute Gasteiger partial charge is 0.230 e. The molecule has 2 atom stereocenters. The molecular formula is C16H24N2O. The first kappa shape index (κ1) is 14.1. The summed E-state index contributed by atoms with van der Waals surface area (Å²) >= 11 is 0. The molecule has 1 amide bonds. The summed E-state index contributed by atoms with van der Waals surface area (Å²) in [6.07, 6.45) is 4.24. The number of nitrogens with two attached hydrogens (primary N) is 1. The molecule has 3 heteroatoms. The van der Waals surface area contributed by atoms with E-state index in [9.17, 15) is 4.79 Å². The molecule has 2 N–H and O–H groups in total. The molecule has 2 unspecified atom stereocenters. The third-order valence-electron chi connectivity index (χ3n) is 4.10. The van der Waals surface area contributed by atoms with Gasteiger partial charge in [-0.05, 0) is 43.9 Å². The molecule has 104 valence electrons. The summed E-state index contributed by atoms with van der Waals surface area (Å²) in [6, 6.07) is 9.96. The summed E-state index contributed by atoms with van der Waals surface area (Å²) in [5.74, 6) is 0.985. The second-order valence-corrected chi connectivity index (χ2v) is 5.48. The highest BCUT2D eigenvalue weighted by molar-refractivity contribution is 5.95. The van der Waals surface area contributed by atoms with Gasteiger partial charge in [0.15, 0.2) is 0 Å². The Morgan fingerprint density at radius 2 is 2.05 bits per heavy atom. The predicted molar refractivity (Wildman–Crippen MR) is 79.0 cm³/mol. The van der Waals surface area contributed by atoms with Crippen LogP contribution < -0.4 is 10.6 Å². The molecule has 2 rings (SSSR count). The zero-order valence-electron chi connectivity index (χ0n) is 11.7. The fourth-order valence-electron chi connectivity index (χ4n) is 2.94. The topological polar surface area (TPSA) is 46.3 Å². The van der Waals surface area contributed by atoms with Crippen molar-refractivity contribution < 1.29 is 4.79 Å². The second kappa shape index (κ2) is 6.71. The fourth-order valence-corrected chi connectivity index (χ4v) is 2.94. The summed E-state index contributed by atoms with van der Waals surface area (Å²) in [5.41, 5.74) is 6.60. The lowest BCUT2D eigenvalue weighted by atomic mass is 9.96. The van der Waals surface area contributed by atoms with E-state index in [0.717, 1.165) is 25.1 Å². The number of hydrogen-bond acceptors (Lipinski definition) is 2. The van der Waals surface area contributed by atoms with Gasteiger partial charge in [0.25, 0.3) is 0 Å². The Hall–Kier alpha value is -1.35. The molecule has 0 saturated heterocycles. The Kier molecular flexibility index (Phi) is 4.97. The summed E-state index contributed by atoms with van der Waals surface area (Å²) in [5, 5.41) is 0. The van der Waals surface area contributed by atoms with E-state index in [-0.39, 0.29) is 11.8 Å². The van der Waals surface area contributed by atoms with E-state index in [1.807, 2.05) is 35.2 Å². The Balaban J connectivity index is 2.15. The van der Waals surface area contributed by atoms with E-state index in [1.165, 1.54) is 12.8 Å². The van der Waals surface area contributed by atoms with Crippen LogP contribution in [0.3, 0.4) is 0 Å². The minimum atomic E-state index is 0.193. The summed E-state index contributed by atoms with van der Waals surface area (Å²) in [4.78, 5) is 14.7. The van der Waals surface area contributed by atoms with Gasteiger partial charge in [-0.15, -0.1) is 0 Å². The number of para-hydroxylation sites is 1. The Morgan fingerprint density at radius 1 is 1.32 bits per heavy atom. The minimum Gasteiger partial charge on any atom is -0.330 e. The average molecular weight is 260 g/mol. The molecule has 0 radical (unpaired) electrons. The van der Waals surface area contributed by atoms with Crippen LogP contribution >= 0.6 is 0 Å². The maximum Gasteiger partial charge on any atom is 0.230 e. The number of benzene rings is 1. The van der Waals surface area contributed by atoms with Gasteiger partial charge in [0.2, 0.25) is 5.91 Å². The van der Waals surface area contributed by atoms with Crippen LogP contribution in [-0.2, 0) is 4.79 Å². The van der Waals surface area contributed by atoms with Crippen molar-refractivity contribution in [3.8, 4) is 0 Å². The van der Waals surface area contributed by atoms with Crippen LogP contribution in [0.25, 0.3) is 0 Å². The standard InChI is InChI=1S/C16H24N2O/c1-13-7-5-10-15(13)16(19)18(12-6-11-17)14-8-3-2-4-9-14/h2-4,8-9,13,15H,5-7,10-12,17H2,1H3. The number of rotatable bonds is 5. The van der Waals surface area contributed by atoms with Crippen LogP contribution in [0.2, 0.25) is 0 Å². The molecule has 1 aromatic rings. The van der Waals surface area contributed by atoms with E-state index in [4.69, 9.17) is 5.73 Å². The van der Waals surface area contributed by atoms with Gasteiger partial charge in [-0.3, -0.25) is 4.79 Å². The Morgan fingerprint density at radius 3 is 2.63 bits per heavy atom. The maximum atomic E-state index is 12.7. The molecule has 0 aromatic heterocycles. The first-order valence-corrected chi connectivity index (χ1v) is 7.30. The number of carbonyl (C=O) groups is 1. The van der Waals surface area contributed by atoms with E-state index in [0.29, 0.717) is 12.5 Å². The number of nitrogens with zero attached hydrogens (tertiary/aromatic N) is 1. The zero-order valence-corrected chi connectivity index (χ0v) is 11.7. The molecule has 0 bridgehead atoms. The van der Waals surface area contributed by atoms with Gasteiger partial charge in [-0.1, -0.05) is 31.5 Å². The third kappa shape index (κ3) is 3.35. The Bertz CT molecular complexity index is 404. The van der Waals surface area contributed by atoms with Crippen molar-refractivity contribution in [2.24, 2.45) is 17.6 Å². The number of hydrogen-bond donors (Lipinski definition) is 1. The molecule has 0 aliphatic heterocycles. The van der Waals surface area contributed by atoms with Gasteiger partial charge >= 0.3 is 0 Å². The molecule has 0 heterocycles. The maximum absolute atomic E-state index is 12.7. The fraction of sp³-hybridized carbons (Fsp3) is 0.562. The highest BCUT2D eigenvalue weighted by atomic mass is 16.2. The van der Waals surface area contributed by atoms with E-state index >= 15 is 0 Å². The Labute approximate surface area is 115 Å². The van der Waals surface area contributed by atoms with E-state index in [1.54, 1.807) is 0 Å². The molecule has 1 aliphatic carbocycles. The van der Waals surface area contributed by atoms with Gasteiger partial charge in [0.1, 0.15) is 0 Å². The molecular weight excluding hydrogens is 236 g/mol. The number of amides is 1. The lowest BCUT2D eigenvalue weighted by Crippen LogP contribution is -2.38. The van der Waals surface area contributed by atoms with Crippen molar-refractivity contribution in [2.45, 2.75) is 32.6 Å². The monoisotopic (exact) mass is 260 g/mol. The molecule has 19 heavy (non-hydrogen) atoms. The van der Waals surface area contributed by atoms with Crippen molar-refractivity contribution in [1.29, 1.82) is 0 Å². The van der Waals surface area contributed by atoms with Gasteiger partial charge in [0.05, 0.1) is 0 Å². The van der Waals surface area contributed by atoms with Crippen LogP contribution in [-0.4, -0.2) is 19.0 Å².